The summed E-state index contributed by atoms with van der Waals surface area (Å²) in [7, 11) is 0. The lowest BCUT2D eigenvalue weighted by molar-refractivity contribution is -0.120. The Bertz CT molecular complexity index is 204. The third kappa shape index (κ3) is 3.54. The highest BCUT2D eigenvalue weighted by molar-refractivity contribution is 9.28. The Balaban J connectivity index is 2.40. The molecule has 0 aromatic heterocycles. The van der Waals surface area contributed by atoms with Gasteiger partial charge in [-0.15, -0.1) is 0 Å². The van der Waals surface area contributed by atoms with Crippen LogP contribution < -0.4 is 0 Å². The molecule has 1 saturated heterocycles. The molecule has 0 aromatic rings. The van der Waals surface area contributed by atoms with Crippen LogP contribution in [0.25, 0.3) is 0 Å². The first-order chi connectivity index (χ1) is 6.18. The van der Waals surface area contributed by atoms with Gasteiger partial charge in [-0.2, -0.15) is 0 Å². The number of halogens is 2. The van der Waals surface area contributed by atoms with Crippen LogP contribution in [0.5, 0.6) is 0 Å². The van der Waals surface area contributed by atoms with Crippen LogP contribution in [-0.4, -0.2) is 19.0 Å². The minimum Gasteiger partial charge on any atom is -0.344 e. The van der Waals surface area contributed by atoms with E-state index in [0.717, 1.165) is 16.2 Å². The summed E-state index contributed by atoms with van der Waals surface area (Å²) in [6.07, 6.45) is 5.45. The average molecular weight is 312 g/mol. The van der Waals surface area contributed by atoms with E-state index in [9.17, 15) is 0 Å². The molecule has 0 aromatic carbocycles. The molecule has 4 heteroatoms. The summed E-state index contributed by atoms with van der Waals surface area (Å²) >= 11 is 6.59. The van der Waals surface area contributed by atoms with Gasteiger partial charge in [0, 0.05) is 6.42 Å². The molecule has 0 amide bonds. The van der Waals surface area contributed by atoms with Crippen molar-refractivity contribution in [2.45, 2.75) is 18.6 Å². The maximum absolute atomic E-state index is 5.47. The van der Waals surface area contributed by atoms with E-state index in [4.69, 9.17) is 9.47 Å². The summed E-state index contributed by atoms with van der Waals surface area (Å²) in [5.74, 6) is -0.550. The molecule has 1 heterocycles. The summed E-state index contributed by atoms with van der Waals surface area (Å²) in [6, 6.07) is 0. The molecular formula is C9H12Br2O2. The van der Waals surface area contributed by atoms with Gasteiger partial charge in [0.05, 0.1) is 16.6 Å². The first-order valence-electron chi connectivity index (χ1n) is 4.11. The Labute approximate surface area is 95.2 Å². The van der Waals surface area contributed by atoms with Gasteiger partial charge >= 0.3 is 0 Å². The van der Waals surface area contributed by atoms with E-state index in [2.05, 4.69) is 38.4 Å². The minimum atomic E-state index is -0.550. The van der Waals surface area contributed by atoms with E-state index in [1.807, 2.05) is 6.08 Å². The van der Waals surface area contributed by atoms with Gasteiger partial charge in [-0.25, -0.2) is 0 Å². The van der Waals surface area contributed by atoms with Crippen molar-refractivity contribution in [3.05, 3.63) is 22.1 Å². The fraction of sp³-hybridized carbons (Fsp3) is 0.556. The van der Waals surface area contributed by atoms with Gasteiger partial charge in [-0.3, -0.25) is 0 Å². The lowest BCUT2D eigenvalue weighted by Gasteiger charge is -2.22. The van der Waals surface area contributed by atoms with Crippen LogP contribution in [0.2, 0.25) is 0 Å². The van der Waals surface area contributed by atoms with Crippen LogP contribution in [0.4, 0.5) is 0 Å². The van der Waals surface area contributed by atoms with E-state index in [0.29, 0.717) is 13.2 Å². The Morgan fingerprint density at radius 3 is 2.46 bits per heavy atom. The van der Waals surface area contributed by atoms with Crippen molar-refractivity contribution in [3.63, 3.8) is 0 Å². The summed E-state index contributed by atoms with van der Waals surface area (Å²) in [5, 5.41) is 0. The third-order valence-electron chi connectivity index (χ3n) is 1.88. The van der Waals surface area contributed by atoms with Crippen molar-refractivity contribution in [3.8, 4) is 0 Å². The molecule has 0 bridgehead atoms. The third-order valence-corrected chi connectivity index (χ3v) is 2.53. The molecule has 0 spiro atoms. The first-order valence-corrected chi connectivity index (χ1v) is 5.70. The number of allylic oxidation sites excluding steroid dienone is 1. The maximum Gasteiger partial charge on any atom is 0.188 e. The molecule has 0 aliphatic carbocycles. The molecule has 0 N–H and O–H groups in total. The Morgan fingerprint density at radius 1 is 1.38 bits per heavy atom. The fourth-order valence-corrected chi connectivity index (χ4v) is 1.68. The van der Waals surface area contributed by atoms with Crippen molar-refractivity contribution < 1.29 is 9.47 Å². The van der Waals surface area contributed by atoms with Crippen molar-refractivity contribution >= 4 is 31.9 Å². The molecule has 0 unspecified atom stereocenters. The zero-order valence-corrected chi connectivity index (χ0v) is 10.4. The molecule has 1 aliphatic rings. The molecule has 0 radical (unpaired) electrons. The van der Waals surface area contributed by atoms with Crippen LogP contribution in [0, 0.1) is 0 Å². The predicted molar refractivity (Wildman–Crippen MR) is 60.0 cm³/mol. The quantitative estimate of drug-likeness (QED) is 0.742. The summed E-state index contributed by atoms with van der Waals surface area (Å²) in [4.78, 5) is 0. The predicted octanol–water partition coefficient (Wildman–Crippen LogP) is 3.33. The Morgan fingerprint density at radius 2 is 2.00 bits per heavy atom. The number of hydrogen-bond donors (Lipinski definition) is 0. The average Bonchev–Trinajstić information content (AvgIpc) is 2.53. The lowest BCUT2D eigenvalue weighted by atomic mass is 10.1. The maximum atomic E-state index is 5.47. The second kappa shape index (κ2) is 5.29. The van der Waals surface area contributed by atoms with Gasteiger partial charge in [-0.05, 0) is 44.4 Å². The Hall–Kier alpha value is 0.360. The summed E-state index contributed by atoms with van der Waals surface area (Å²) < 4.78 is 11.9. The fourth-order valence-electron chi connectivity index (χ4n) is 1.22. The van der Waals surface area contributed by atoms with Crippen molar-refractivity contribution in [1.29, 1.82) is 0 Å². The smallest absolute Gasteiger partial charge is 0.188 e. The second-order valence-corrected chi connectivity index (χ2v) is 5.52. The molecule has 74 valence electrons. The van der Waals surface area contributed by atoms with Crippen LogP contribution in [0.1, 0.15) is 12.8 Å². The van der Waals surface area contributed by atoms with E-state index >= 15 is 0 Å². The topological polar surface area (TPSA) is 18.5 Å². The molecule has 1 rings (SSSR count). The Kier molecular flexibility index (Phi) is 4.66. The van der Waals surface area contributed by atoms with Gasteiger partial charge < -0.3 is 9.47 Å². The first kappa shape index (κ1) is 11.4. The van der Waals surface area contributed by atoms with E-state index < -0.39 is 5.79 Å². The van der Waals surface area contributed by atoms with Gasteiger partial charge in [0.25, 0.3) is 0 Å². The SMILES string of the molecule is C=CC1(CCC=C(Br)Br)OCCO1. The van der Waals surface area contributed by atoms with Crippen LogP contribution in [0.15, 0.2) is 22.1 Å². The number of hydrogen-bond acceptors (Lipinski definition) is 2. The van der Waals surface area contributed by atoms with Crippen molar-refractivity contribution in [2.24, 2.45) is 0 Å². The normalized spacial score (nSPS) is 19.8. The van der Waals surface area contributed by atoms with Crippen molar-refractivity contribution in [1.82, 2.24) is 0 Å². The van der Waals surface area contributed by atoms with Crippen molar-refractivity contribution in [2.75, 3.05) is 13.2 Å². The molecule has 0 atom stereocenters. The zero-order valence-electron chi connectivity index (χ0n) is 7.26. The number of ether oxygens (including phenoxy) is 2. The molecule has 1 aliphatic heterocycles. The van der Waals surface area contributed by atoms with E-state index in [-0.39, 0.29) is 0 Å². The van der Waals surface area contributed by atoms with Crippen LogP contribution in [-0.2, 0) is 9.47 Å². The molecular weight excluding hydrogens is 300 g/mol. The molecule has 13 heavy (non-hydrogen) atoms. The van der Waals surface area contributed by atoms with Gasteiger partial charge in [0.15, 0.2) is 5.79 Å². The van der Waals surface area contributed by atoms with Gasteiger partial charge in [0.2, 0.25) is 0 Å². The second-order valence-electron chi connectivity index (χ2n) is 2.75. The minimum absolute atomic E-state index is 0.550. The van der Waals surface area contributed by atoms with Gasteiger partial charge in [0.1, 0.15) is 0 Å². The summed E-state index contributed by atoms with van der Waals surface area (Å²) in [5.41, 5.74) is 0. The molecule has 1 fully saturated rings. The highest BCUT2D eigenvalue weighted by Gasteiger charge is 2.31. The standard InChI is InChI=1S/C9H12Br2O2/c1-2-9(12-6-7-13-9)5-3-4-8(10)11/h2,4H,1,3,5-7H2. The summed E-state index contributed by atoms with van der Waals surface area (Å²) in [6.45, 7) is 5.03. The molecule has 0 saturated carbocycles. The highest BCUT2D eigenvalue weighted by Crippen LogP contribution is 2.27. The van der Waals surface area contributed by atoms with Gasteiger partial charge in [-0.1, -0.05) is 12.7 Å². The number of rotatable bonds is 4. The largest absolute Gasteiger partial charge is 0.344 e. The van der Waals surface area contributed by atoms with Crippen LogP contribution >= 0.6 is 31.9 Å². The lowest BCUT2D eigenvalue weighted by Crippen LogP contribution is -2.26. The zero-order chi connectivity index (χ0) is 9.73. The monoisotopic (exact) mass is 310 g/mol. The highest BCUT2D eigenvalue weighted by atomic mass is 79.9. The van der Waals surface area contributed by atoms with Crippen LogP contribution in [0.3, 0.4) is 0 Å². The van der Waals surface area contributed by atoms with E-state index in [1.165, 1.54) is 0 Å². The van der Waals surface area contributed by atoms with E-state index in [1.54, 1.807) is 6.08 Å². The molecule has 2 nitrogen and oxygen atoms in total.